The van der Waals surface area contributed by atoms with E-state index in [0.29, 0.717) is 12.0 Å². The topological polar surface area (TPSA) is 87.7 Å². The molecule has 2 aliphatic rings. The van der Waals surface area contributed by atoms with E-state index in [1.807, 2.05) is 81.5 Å². The Morgan fingerprint density at radius 2 is 2.03 bits per heavy atom. The van der Waals surface area contributed by atoms with Crippen molar-refractivity contribution in [1.29, 1.82) is 0 Å². The first-order chi connectivity index (χ1) is 17.3. The molecule has 1 aliphatic heterocycles. The van der Waals surface area contributed by atoms with Gasteiger partial charge < -0.3 is 20.5 Å². The van der Waals surface area contributed by atoms with Gasteiger partial charge in [-0.25, -0.2) is 0 Å². The van der Waals surface area contributed by atoms with Gasteiger partial charge in [-0.15, -0.1) is 5.73 Å². The average molecular weight is 487 g/mol. The lowest BCUT2D eigenvalue weighted by Gasteiger charge is -2.31. The highest BCUT2D eigenvalue weighted by Gasteiger charge is 2.38. The van der Waals surface area contributed by atoms with Crippen molar-refractivity contribution in [3.05, 3.63) is 119 Å². The van der Waals surface area contributed by atoms with Crippen LogP contribution < -0.4 is 10.6 Å². The molecule has 1 saturated heterocycles. The van der Waals surface area contributed by atoms with Gasteiger partial charge in [0.25, 0.3) is 5.91 Å². The summed E-state index contributed by atoms with van der Waals surface area (Å²) < 4.78 is 5.01. The van der Waals surface area contributed by atoms with Crippen LogP contribution in [0.4, 0.5) is 5.69 Å². The lowest BCUT2D eigenvalue weighted by Crippen LogP contribution is -2.49. The highest BCUT2D eigenvalue weighted by atomic mass is 16.5. The number of rotatable bonds is 7. The van der Waals surface area contributed by atoms with E-state index in [-0.39, 0.29) is 11.5 Å². The molecule has 3 rings (SSSR count). The standard InChI is InChI=1S/C21H24N2O3.C9H10O/c1-4-5-6-10-16-15(3)20(24)23-18(19(16)21(25)26)12-13-22-17-11-8-7-9-14(17)2;1-8-4-3-5-9(10-2)7-6-8/h4-5,7-13,18-19,22H,3,6H2,1-2H3,(H,23,24)(H,25,26);3,5-7H,1-2H3/b5-4-,13-12+,16-10?;. The number of hydrogen-bond acceptors (Lipinski definition) is 4. The molecule has 0 radical (unpaired) electrons. The van der Waals surface area contributed by atoms with Crippen LogP contribution in [0.2, 0.25) is 0 Å². The second kappa shape index (κ2) is 14.2. The molecule has 1 amide bonds. The van der Waals surface area contributed by atoms with Crippen molar-refractivity contribution in [3.8, 4) is 0 Å². The van der Waals surface area contributed by atoms with Gasteiger partial charge in [0, 0.05) is 11.3 Å². The second-order valence-corrected chi connectivity index (χ2v) is 8.18. The predicted molar refractivity (Wildman–Crippen MR) is 145 cm³/mol. The van der Waals surface area contributed by atoms with E-state index in [0.717, 1.165) is 22.6 Å². The number of amides is 1. The van der Waals surface area contributed by atoms with Crippen LogP contribution in [0.3, 0.4) is 0 Å². The zero-order chi connectivity index (χ0) is 26.5. The van der Waals surface area contributed by atoms with E-state index in [4.69, 9.17) is 4.74 Å². The first-order valence-electron chi connectivity index (χ1n) is 11.7. The quantitative estimate of drug-likeness (QED) is 0.259. The van der Waals surface area contributed by atoms with Crippen molar-refractivity contribution < 1.29 is 19.4 Å². The molecular formula is C30H34N2O4. The van der Waals surface area contributed by atoms with Crippen molar-refractivity contribution in [2.45, 2.75) is 33.2 Å². The lowest BCUT2D eigenvalue weighted by molar-refractivity contribution is -0.141. The van der Waals surface area contributed by atoms with Crippen molar-refractivity contribution in [3.63, 3.8) is 0 Å². The Bertz CT molecular complexity index is 1190. The van der Waals surface area contributed by atoms with Gasteiger partial charge in [-0.05, 0) is 86.5 Å². The molecule has 1 aromatic carbocycles. The zero-order valence-corrected chi connectivity index (χ0v) is 21.2. The number of para-hydroxylation sites is 1. The first kappa shape index (κ1) is 28.0. The fourth-order valence-corrected chi connectivity index (χ4v) is 3.54. The van der Waals surface area contributed by atoms with Gasteiger partial charge in [0.15, 0.2) is 0 Å². The molecule has 2 unspecified atom stereocenters. The number of methoxy groups -OCH3 is 1. The van der Waals surface area contributed by atoms with E-state index < -0.39 is 17.9 Å². The molecule has 0 aromatic heterocycles. The maximum absolute atomic E-state index is 12.2. The summed E-state index contributed by atoms with van der Waals surface area (Å²) in [6.07, 6.45) is 17.1. The molecule has 1 heterocycles. The smallest absolute Gasteiger partial charge is 0.313 e. The van der Waals surface area contributed by atoms with Gasteiger partial charge >= 0.3 is 5.97 Å². The third-order valence-electron chi connectivity index (χ3n) is 5.57. The summed E-state index contributed by atoms with van der Waals surface area (Å²) in [5.74, 6) is -1.35. The van der Waals surface area contributed by atoms with Crippen LogP contribution in [0, 0.1) is 12.8 Å². The minimum absolute atomic E-state index is 0.207. The molecule has 1 aromatic rings. The Kier molecular flexibility index (Phi) is 11.0. The summed E-state index contributed by atoms with van der Waals surface area (Å²) in [6.45, 7) is 9.62. The Hall–Kier alpha value is -4.28. The highest BCUT2D eigenvalue weighted by molar-refractivity contribution is 6.01. The minimum atomic E-state index is -0.997. The number of carbonyl (C=O) groups is 2. The fourth-order valence-electron chi connectivity index (χ4n) is 3.54. The molecule has 0 bridgehead atoms. The van der Waals surface area contributed by atoms with Crippen molar-refractivity contribution >= 4 is 17.6 Å². The Labute approximate surface area is 213 Å². The molecule has 1 fully saturated rings. The SMILES string of the molecule is C=C1C(=O)NC(/C=C/Nc2ccccc2C)C(C(=O)O)C1=CC/C=C\C.COC1=CC=C=C(C)C=C1. The lowest BCUT2D eigenvalue weighted by atomic mass is 9.82. The monoisotopic (exact) mass is 486 g/mol. The second-order valence-electron chi connectivity index (χ2n) is 8.18. The normalized spacial score (nSPS) is 20.4. The van der Waals surface area contributed by atoms with Crippen LogP contribution in [0.15, 0.2) is 114 Å². The number of carboxylic acids is 1. The summed E-state index contributed by atoms with van der Waals surface area (Å²) in [4.78, 5) is 24.0. The third-order valence-corrected chi connectivity index (χ3v) is 5.57. The van der Waals surface area contributed by atoms with Crippen LogP contribution in [-0.2, 0) is 14.3 Å². The van der Waals surface area contributed by atoms with Crippen molar-refractivity contribution in [2.24, 2.45) is 5.92 Å². The third kappa shape index (κ3) is 8.19. The van der Waals surface area contributed by atoms with Gasteiger partial charge in [0.05, 0.1) is 13.2 Å². The molecule has 3 N–H and O–H groups in total. The van der Waals surface area contributed by atoms with Crippen LogP contribution in [0.1, 0.15) is 25.8 Å². The predicted octanol–water partition coefficient (Wildman–Crippen LogP) is 5.76. The maximum Gasteiger partial charge on any atom is 0.313 e. The van der Waals surface area contributed by atoms with Gasteiger partial charge in [0.2, 0.25) is 0 Å². The summed E-state index contributed by atoms with van der Waals surface area (Å²) in [5, 5.41) is 15.5. The summed E-state index contributed by atoms with van der Waals surface area (Å²) in [6, 6.07) is 7.11. The number of benzene rings is 1. The van der Waals surface area contributed by atoms with Crippen LogP contribution in [0.5, 0.6) is 0 Å². The number of hydrogen-bond donors (Lipinski definition) is 3. The van der Waals surface area contributed by atoms with E-state index in [1.54, 1.807) is 25.5 Å². The number of piperidine rings is 1. The van der Waals surface area contributed by atoms with E-state index >= 15 is 0 Å². The van der Waals surface area contributed by atoms with Crippen LogP contribution in [0.25, 0.3) is 0 Å². The van der Waals surface area contributed by atoms with Gasteiger partial charge in [-0.1, -0.05) is 43.0 Å². The van der Waals surface area contributed by atoms with E-state index in [9.17, 15) is 14.7 Å². The summed E-state index contributed by atoms with van der Waals surface area (Å²) in [7, 11) is 1.66. The number of carboxylic acid groups (broad SMARTS) is 1. The molecule has 0 saturated carbocycles. The number of aryl methyl sites for hydroxylation is 1. The van der Waals surface area contributed by atoms with Crippen LogP contribution >= 0.6 is 0 Å². The molecule has 6 heteroatoms. The highest BCUT2D eigenvalue weighted by Crippen LogP contribution is 2.29. The molecular weight excluding hydrogens is 452 g/mol. The largest absolute Gasteiger partial charge is 0.497 e. The summed E-state index contributed by atoms with van der Waals surface area (Å²) >= 11 is 0. The van der Waals surface area contributed by atoms with Crippen molar-refractivity contribution in [1.82, 2.24) is 5.32 Å². The van der Waals surface area contributed by atoms with E-state index in [2.05, 4.69) is 22.9 Å². The van der Waals surface area contributed by atoms with Gasteiger partial charge in [-0.2, -0.15) is 0 Å². The van der Waals surface area contributed by atoms with Gasteiger partial charge in [-0.3, -0.25) is 9.59 Å². The zero-order valence-electron chi connectivity index (χ0n) is 21.2. The molecule has 1 aliphatic carbocycles. The number of anilines is 1. The Morgan fingerprint density at radius 1 is 1.28 bits per heavy atom. The Morgan fingerprint density at radius 3 is 2.69 bits per heavy atom. The van der Waals surface area contributed by atoms with Crippen LogP contribution in [-0.4, -0.2) is 30.1 Å². The maximum atomic E-state index is 12.2. The molecule has 188 valence electrons. The van der Waals surface area contributed by atoms with E-state index in [1.165, 1.54) is 0 Å². The fraction of sp³-hybridized carbons (Fsp3) is 0.233. The molecule has 0 spiro atoms. The van der Waals surface area contributed by atoms with Crippen molar-refractivity contribution in [2.75, 3.05) is 12.4 Å². The summed E-state index contributed by atoms with van der Waals surface area (Å²) in [5.41, 5.74) is 6.83. The first-order valence-corrected chi connectivity index (χ1v) is 11.7. The molecule has 36 heavy (non-hydrogen) atoms. The number of nitrogens with one attached hydrogen (secondary N) is 2. The minimum Gasteiger partial charge on any atom is -0.497 e. The number of ether oxygens (including phenoxy) is 1. The number of carbonyl (C=O) groups excluding carboxylic acids is 1. The average Bonchev–Trinajstić information content (AvgIpc) is 3.07. The number of aliphatic carboxylic acids is 1. The van der Waals surface area contributed by atoms with Gasteiger partial charge in [0.1, 0.15) is 11.7 Å². The Balaban J connectivity index is 0.000000380. The molecule has 6 nitrogen and oxygen atoms in total. The molecule has 2 atom stereocenters. The number of allylic oxidation sites excluding steroid dienone is 7.